The standard InChI is InChI=1S/C24H36FN7.C3Cl3N3.CH4/c1-3-32-13-7-10-20(32)16-27-23-29-22(26-15-18-8-5-4-6-9-18)30-24(31-23)28-19-12-11-17(2)21(25)14-19;4-1-7-2(5)9-3(6)8-1;/h11-12,14,18,20H,3-10,13,15-16H2,1-2H3,(H3,26,27,28,29,30,31);;1H4/t20-;;/m1../s1. The minimum atomic E-state index is -0.251. The number of aromatic nitrogens is 6. The van der Waals surface area contributed by atoms with E-state index in [1.165, 1.54) is 51.0 Å². The van der Waals surface area contributed by atoms with Crippen LogP contribution in [0.25, 0.3) is 0 Å². The maximum absolute atomic E-state index is 14.0. The second kappa shape index (κ2) is 16.9. The SMILES string of the molecule is C.CCN1CCC[C@@H]1CNc1nc(NCC2CCCCC2)nc(Nc2ccc(C)c(F)c2)n1.Clc1nc(Cl)nc(Cl)n1. The number of hydrogen-bond donors (Lipinski definition) is 3. The van der Waals surface area contributed by atoms with E-state index in [0.717, 1.165) is 26.2 Å². The maximum Gasteiger partial charge on any atom is 0.233 e. The second-order valence-corrected chi connectivity index (χ2v) is 11.2. The first-order valence-corrected chi connectivity index (χ1v) is 15.2. The van der Waals surface area contributed by atoms with Crippen molar-refractivity contribution in [2.75, 3.05) is 42.1 Å². The van der Waals surface area contributed by atoms with Gasteiger partial charge in [0.1, 0.15) is 5.82 Å². The molecule has 1 aromatic carbocycles. The number of nitrogens with one attached hydrogen (secondary N) is 3. The Bertz CT molecular complexity index is 1230. The van der Waals surface area contributed by atoms with Gasteiger partial charge in [-0.25, -0.2) is 4.39 Å². The Labute approximate surface area is 262 Å². The third-order valence-corrected chi connectivity index (χ3v) is 7.80. The predicted octanol–water partition coefficient (Wildman–Crippen LogP) is 7.42. The van der Waals surface area contributed by atoms with Gasteiger partial charge in [-0.3, -0.25) is 4.90 Å². The average molecular weight is 642 g/mol. The van der Waals surface area contributed by atoms with Crippen LogP contribution in [-0.2, 0) is 0 Å². The van der Waals surface area contributed by atoms with Gasteiger partial charge in [0.2, 0.25) is 33.7 Å². The smallest absolute Gasteiger partial charge is 0.233 e. The molecule has 0 amide bonds. The Balaban J connectivity index is 0.000000415. The molecule has 1 saturated heterocycles. The van der Waals surface area contributed by atoms with Crippen molar-refractivity contribution in [3.05, 3.63) is 45.4 Å². The molecule has 14 heteroatoms. The molecule has 0 spiro atoms. The minimum Gasteiger partial charge on any atom is -0.354 e. The van der Waals surface area contributed by atoms with Crippen molar-refractivity contribution >= 4 is 58.3 Å². The monoisotopic (exact) mass is 640 g/mol. The molecule has 1 aliphatic carbocycles. The van der Waals surface area contributed by atoms with Crippen LogP contribution in [0.1, 0.15) is 64.9 Å². The predicted molar refractivity (Wildman–Crippen MR) is 170 cm³/mol. The van der Waals surface area contributed by atoms with Gasteiger partial charge in [0.25, 0.3) is 0 Å². The molecule has 2 fully saturated rings. The van der Waals surface area contributed by atoms with Crippen LogP contribution in [0.5, 0.6) is 0 Å². The van der Waals surface area contributed by atoms with E-state index in [2.05, 4.69) is 57.7 Å². The van der Waals surface area contributed by atoms with Crippen LogP contribution in [0.15, 0.2) is 18.2 Å². The number of nitrogens with zero attached hydrogens (tertiary/aromatic N) is 7. The molecule has 10 nitrogen and oxygen atoms in total. The van der Waals surface area contributed by atoms with Crippen LogP contribution < -0.4 is 16.0 Å². The summed E-state index contributed by atoms with van der Waals surface area (Å²) in [5, 5.41) is 9.99. The van der Waals surface area contributed by atoms with Crippen molar-refractivity contribution < 1.29 is 4.39 Å². The van der Waals surface area contributed by atoms with Gasteiger partial charge >= 0.3 is 0 Å². The zero-order valence-electron chi connectivity index (χ0n) is 23.3. The van der Waals surface area contributed by atoms with Gasteiger partial charge in [-0.1, -0.05) is 39.7 Å². The highest BCUT2D eigenvalue weighted by Crippen LogP contribution is 2.24. The molecule has 1 aliphatic heterocycles. The number of likely N-dealkylation sites (N-methyl/N-ethyl adjacent to an activating group) is 1. The van der Waals surface area contributed by atoms with Crippen LogP contribution in [-0.4, -0.2) is 67.0 Å². The van der Waals surface area contributed by atoms with E-state index in [0.29, 0.717) is 41.1 Å². The maximum atomic E-state index is 14.0. The molecular weight excluding hydrogens is 602 g/mol. The lowest BCUT2D eigenvalue weighted by Gasteiger charge is -2.23. The molecule has 3 N–H and O–H groups in total. The molecule has 1 saturated carbocycles. The zero-order valence-corrected chi connectivity index (χ0v) is 25.6. The van der Waals surface area contributed by atoms with Crippen LogP contribution in [0.4, 0.5) is 27.9 Å². The third-order valence-electron chi connectivity index (χ3n) is 7.29. The Kier molecular flexibility index (Phi) is 13.6. The fourth-order valence-corrected chi connectivity index (χ4v) is 5.68. The Hall–Kier alpha value is -2.60. The molecule has 2 aliphatic rings. The van der Waals surface area contributed by atoms with Gasteiger partial charge in [0, 0.05) is 24.8 Å². The topological polar surface area (TPSA) is 117 Å². The molecule has 3 heterocycles. The summed E-state index contributed by atoms with van der Waals surface area (Å²) in [6, 6.07) is 5.55. The highest BCUT2D eigenvalue weighted by atomic mass is 35.5. The summed E-state index contributed by atoms with van der Waals surface area (Å²) >= 11 is 16.0. The lowest BCUT2D eigenvalue weighted by atomic mass is 9.89. The molecule has 3 aromatic rings. The molecule has 1 atom stereocenters. The number of rotatable bonds is 9. The number of likely N-dealkylation sites (tertiary alicyclic amines) is 1. The molecule has 2 aromatic heterocycles. The molecule has 42 heavy (non-hydrogen) atoms. The van der Waals surface area contributed by atoms with E-state index in [9.17, 15) is 4.39 Å². The summed E-state index contributed by atoms with van der Waals surface area (Å²) < 4.78 is 14.0. The summed E-state index contributed by atoms with van der Waals surface area (Å²) in [6.45, 7) is 7.84. The van der Waals surface area contributed by atoms with E-state index >= 15 is 0 Å². The average Bonchev–Trinajstić information content (AvgIpc) is 3.41. The van der Waals surface area contributed by atoms with Crippen molar-refractivity contribution in [1.82, 2.24) is 34.8 Å². The third kappa shape index (κ3) is 10.6. The molecule has 0 bridgehead atoms. The van der Waals surface area contributed by atoms with E-state index in [1.54, 1.807) is 13.0 Å². The van der Waals surface area contributed by atoms with Crippen LogP contribution in [0.3, 0.4) is 0 Å². The fraction of sp³-hybridized carbons (Fsp3) is 0.571. The highest BCUT2D eigenvalue weighted by molar-refractivity contribution is 6.33. The number of anilines is 4. The lowest BCUT2D eigenvalue weighted by molar-refractivity contribution is 0.277. The van der Waals surface area contributed by atoms with Gasteiger partial charge in [-0.05, 0) is 104 Å². The number of halogens is 4. The summed E-state index contributed by atoms with van der Waals surface area (Å²) in [6.07, 6.45) is 8.88. The highest BCUT2D eigenvalue weighted by Gasteiger charge is 2.23. The van der Waals surface area contributed by atoms with Crippen LogP contribution in [0, 0.1) is 18.7 Å². The first kappa shape index (κ1) is 33.9. The van der Waals surface area contributed by atoms with Crippen molar-refractivity contribution in [3.63, 3.8) is 0 Å². The summed E-state index contributed by atoms with van der Waals surface area (Å²) in [5.41, 5.74) is 1.23. The quantitative estimate of drug-likeness (QED) is 0.218. The van der Waals surface area contributed by atoms with Gasteiger partial charge in [0.15, 0.2) is 0 Å². The van der Waals surface area contributed by atoms with Gasteiger partial charge in [-0.2, -0.15) is 29.9 Å². The summed E-state index contributed by atoms with van der Waals surface area (Å²) in [7, 11) is 0. The lowest BCUT2D eigenvalue weighted by Crippen LogP contribution is -2.35. The number of benzene rings is 1. The Morgan fingerprint density at radius 2 is 1.40 bits per heavy atom. The van der Waals surface area contributed by atoms with Crippen molar-refractivity contribution in [2.45, 2.75) is 72.3 Å². The second-order valence-electron chi connectivity index (χ2n) is 10.2. The first-order chi connectivity index (χ1) is 19.8. The number of aryl methyl sites for hydroxylation is 1. The van der Waals surface area contributed by atoms with Crippen molar-refractivity contribution in [1.29, 1.82) is 0 Å². The van der Waals surface area contributed by atoms with E-state index in [-0.39, 0.29) is 29.1 Å². The zero-order chi connectivity index (χ0) is 29.2. The van der Waals surface area contributed by atoms with Crippen molar-refractivity contribution in [2.24, 2.45) is 5.92 Å². The normalized spacial score (nSPS) is 17.1. The fourth-order valence-electron chi connectivity index (χ4n) is 5.07. The van der Waals surface area contributed by atoms with Gasteiger partial charge < -0.3 is 16.0 Å². The largest absolute Gasteiger partial charge is 0.354 e. The molecule has 0 radical (unpaired) electrons. The molecular formula is C28H40Cl3FN10. The summed E-state index contributed by atoms with van der Waals surface area (Å²) in [5.74, 6) is 1.93. The number of hydrogen-bond acceptors (Lipinski definition) is 10. The Morgan fingerprint density at radius 1 is 0.810 bits per heavy atom. The van der Waals surface area contributed by atoms with Gasteiger partial charge in [-0.15, -0.1) is 0 Å². The summed E-state index contributed by atoms with van der Waals surface area (Å²) in [4.78, 5) is 26.6. The molecule has 230 valence electrons. The first-order valence-electron chi connectivity index (χ1n) is 14.0. The van der Waals surface area contributed by atoms with Gasteiger partial charge in [0.05, 0.1) is 0 Å². The molecule has 5 rings (SSSR count). The van der Waals surface area contributed by atoms with Crippen molar-refractivity contribution in [3.8, 4) is 0 Å². The minimum absolute atomic E-state index is 0. The van der Waals surface area contributed by atoms with E-state index in [1.807, 2.05) is 6.07 Å². The van der Waals surface area contributed by atoms with Crippen LogP contribution in [0.2, 0.25) is 15.9 Å². The van der Waals surface area contributed by atoms with E-state index in [4.69, 9.17) is 34.8 Å². The Morgan fingerprint density at radius 3 is 2.00 bits per heavy atom. The molecule has 0 unspecified atom stereocenters. The van der Waals surface area contributed by atoms with E-state index < -0.39 is 0 Å². The van der Waals surface area contributed by atoms with Crippen LogP contribution >= 0.6 is 34.8 Å².